The van der Waals surface area contributed by atoms with Crippen molar-refractivity contribution in [2.75, 3.05) is 0 Å². The van der Waals surface area contributed by atoms with E-state index in [-0.39, 0.29) is 12.5 Å². The Bertz CT molecular complexity index is 962. The second-order valence-corrected chi connectivity index (χ2v) is 11.4. The zero-order valence-electron chi connectivity index (χ0n) is 21.8. The number of unbranched alkanes of at least 4 members (excludes halogenated alkanes) is 10. The van der Waals surface area contributed by atoms with Crippen molar-refractivity contribution >= 4 is 28.5 Å². The van der Waals surface area contributed by atoms with E-state index < -0.39 is 0 Å². The summed E-state index contributed by atoms with van der Waals surface area (Å²) in [6, 6.07) is 13.8. The molecule has 0 saturated heterocycles. The Morgan fingerprint density at radius 2 is 1.17 bits per heavy atom. The average Bonchev–Trinajstić information content (AvgIpc) is 3.49. The monoisotopic (exact) mass is 536 g/mol. The van der Waals surface area contributed by atoms with Gasteiger partial charge in [0.05, 0.1) is 12.5 Å². The zero-order valence-corrected chi connectivity index (χ0v) is 23.4. The second kappa shape index (κ2) is 13.0. The lowest BCUT2D eigenvalue weighted by atomic mass is 9.68. The first-order valence-corrected chi connectivity index (χ1v) is 14.9. The molecule has 4 rings (SSSR count). The van der Waals surface area contributed by atoms with E-state index in [0.717, 1.165) is 5.46 Å². The van der Waals surface area contributed by atoms with Crippen molar-refractivity contribution in [2.45, 2.75) is 109 Å². The fraction of sp³-hybridized carbons (Fsp3) is 0.548. The number of benzene rings is 2. The molecule has 188 valence electrons. The molecule has 2 aromatic rings. The molecule has 2 aromatic carbocycles. The topological polar surface area (TPSA) is 18.5 Å². The van der Waals surface area contributed by atoms with E-state index in [1.807, 2.05) is 0 Å². The Morgan fingerprint density at radius 1 is 0.657 bits per heavy atom. The standard InChI is InChI=1S/C31H42BBrO2/c1-3-5-7-9-11-13-19-31(20-14-12-10-8-6-4-2)29-23-25(32-34-21-22-35-32)15-17-27(29)28-18-16-26(33)24-30(28)31/h15-18,21-24H,3-14,19-20H2,1-2H3. The Balaban J connectivity index is 1.63. The number of hydrogen-bond acceptors (Lipinski definition) is 2. The molecule has 0 spiro atoms. The quantitative estimate of drug-likeness (QED) is 0.166. The molecule has 0 radical (unpaired) electrons. The molecule has 1 aliphatic heterocycles. The van der Waals surface area contributed by atoms with Crippen LogP contribution in [0.2, 0.25) is 0 Å². The fourth-order valence-corrected chi connectivity index (χ4v) is 6.47. The maximum atomic E-state index is 5.72. The van der Waals surface area contributed by atoms with E-state index >= 15 is 0 Å². The molecule has 35 heavy (non-hydrogen) atoms. The van der Waals surface area contributed by atoms with Crippen LogP contribution in [0.3, 0.4) is 0 Å². The van der Waals surface area contributed by atoms with Gasteiger partial charge in [-0.3, -0.25) is 0 Å². The first kappa shape index (κ1) is 26.4. The van der Waals surface area contributed by atoms with Crippen LogP contribution in [0.5, 0.6) is 0 Å². The van der Waals surface area contributed by atoms with Crippen molar-refractivity contribution in [3.63, 3.8) is 0 Å². The van der Waals surface area contributed by atoms with Crippen molar-refractivity contribution in [3.8, 4) is 11.1 Å². The van der Waals surface area contributed by atoms with E-state index in [4.69, 9.17) is 9.31 Å². The van der Waals surface area contributed by atoms with Crippen LogP contribution in [0.1, 0.15) is 115 Å². The van der Waals surface area contributed by atoms with Crippen LogP contribution in [0.4, 0.5) is 0 Å². The summed E-state index contributed by atoms with van der Waals surface area (Å²) in [7, 11) is -0.323. The van der Waals surface area contributed by atoms with Gasteiger partial charge in [-0.2, -0.15) is 0 Å². The van der Waals surface area contributed by atoms with Crippen LogP contribution in [0.15, 0.2) is 53.4 Å². The van der Waals surface area contributed by atoms with E-state index in [1.54, 1.807) is 12.5 Å². The fourth-order valence-electron chi connectivity index (χ4n) is 6.11. The van der Waals surface area contributed by atoms with Crippen molar-refractivity contribution < 1.29 is 9.31 Å². The molecule has 0 N–H and O–H groups in total. The lowest BCUT2D eigenvalue weighted by Gasteiger charge is -2.33. The first-order valence-electron chi connectivity index (χ1n) is 14.1. The molecular weight excluding hydrogens is 495 g/mol. The minimum atomic E-state index is -0.323. The maximum Gasteiger partial charge on any atom is 0.632 e. The third kappa shape index (κ3) is 6.19. The molecule has 0 saturated carbocycles. The summed E-state index contributed by atoms with van der Waals surface area (Å²) < 4.78 is 12.6. The third-order valence-electron chi connectivity index (χ3n) is 7.99. The Hall–Kier alpha value is -1.68. The van der Waals surface area contributed by atoms with E-state index in [9.17, 15) is 0 Å². The summed E-state index contributed by atoms with van der Waals surface area (Å²) >= 11 is 3.80. The molecule has 2 aliphatic rings. The summed E-state index contributed by atoms with van der Waals surface area (Å²) in [5, 5.41) is 0. The van der Waals surface area contributed by atoms with Crippen molar-refractivity contribution in [1.82, 2.24) is 0 Å². The lowest BCUT2D eigenvalue weighted by molar-refractivity contribution is 0.397. The molecule has 0 unspecified atom stereocenters. The van der Waals surface area contributed by atoms with E-state index in [0.29, 0.717) is 0 Å². The van der Waals surface area contributed by atoms with Gasteiger partial charge in [0.25, 0.3) is 0 Å². The van der Waals surface area contributed by atoms with Gasteiger partial charge in [-0.1, -0.05) is 131 Å². The first-order chi connectivity index (χ1) is 17.2. The highest BCUT2D eigenvalue weighted by molar-refractivity contribution is 9.10. The van der Waals surface area contributed by atoms with Gasteiger partial charge in [-0.05, 0) is 47.2 Å². The molecule has 0 bridgehead atoms. The van der Waals surface area contributed by atoms with Gasteiger partial charge in [0, 0.05) is 15.4 Å². The normalized spacial score (nSPS) is 15.1. The van der Waals surface area contributed by atoms with Crippen LogP contribution in [0, 0.1) is 0 Å². The van der Waals surface area contributed by atoms with E-state index in [2.05, 4.69) is 66.2 Å². The smallest absolute Gasteiger partial charge is 0.525 e. The van der Waals surface area contributed by atoms with Gasteiger partial charge in [0.1, 0.15) is 0 Å². The molecule has 0 amide bonds. The molecular formula is C31H42BBrO2. The maximum absolute atomic E-state index is 5.72. The number of halogens is 1. The average molecular weight is 537 g/mol. The van der Waals surface area contributed by atoms with E-state index in [1.165, 1.54) is 117 Å². The molecule has 2 nitrogen and oxygen atoms in total. The summed E-state index contributed by atoms with van der Waals surface area (Å²) in [5.41, 5.74) is 7.02. The molecule has 0 atom stereocenters. The minimum absolute atomic E-state index is 0.0754. The second-order valence-electron chi connectivity index (χ2n) is 10.5. The van der Waals surface area contributed by atoms with Crippen molar-refractivity contribution in [3.05, 3.63) is 64.5 Å². The molecule has 1 heterocycles. The lowest BCUT2D eigenvalue weighted by Crippen LogP contribution is -2.34. The zero-order chi connectivity index (χ0) is 24.5. The predicted octanol–water partition coefficient (Wildman–Crippen LogP) is 9.43. The van der Waals surface area contributed by atoms with Crippen LogP contribution in [-0.4, -0.2) is 7.12 Å². The molecule has 0 fully saturated rings. The highest BCUT2D eigenvalue weighted by Crippen LogP contribution is 2.54. The van der Waals surface area contributed by atoms with Crippen molar-refractivity contribution in [1.29, 1.82) is 0 Å². The summed E-state index contributed by atoms with van der Waals surface area (Å²) in [5.74, 6) is 0. The molecule has 0 aromatic heterocycles. The van der Waals surface area contributed by atoms with Gasteiger partial charge in [-0.25, -0.2) is 0 Å². The van der Waals surface area contributed by atoms with Gasteiger partial charge in [0.2, 0.25) is 0 Å². The SMILES string of the molecule is CCCCCCCCC1(CCCCCCCC)c2cc(Br)ccc2-c2ccc(B3OC=CO3)cc21. The Morgan fingerprint density at radius 3 is 1.77 bits per heavy atom. The number of rotatable bonds is 15. The highest BCUT2D eigenvalue weighted by Gasteiger charge is 2.43. The summed E-state index contributed by atoms with van der Waals surface area (Å²) in [6.45, 7) is 4.59. The Kier molecular flexibility index (Phi) is 9.83. The van der Waals surface area contributed by atoms with Crippen molar-refractivity contribution in [2.24, 2.45) is 0 Å². The van der Waals surface area contributed by atoms with Gasteiger partial charge in [0.15, 0.2) is 0 Å². The van der Waals surface area contributed by atoms with Crippen LogP contribution < -0.4 is 5.46 Å². The predicted molar refractivity (Wildman–Crippen MR) is 153 cm³/mol. The van der Waals surface area contributed by atoms with Gasteiger partial charge < -0.3 is 9.31 Å². The molecule has 1 aliphatic carbocycles. The largest absolute Gasteiger partial charge is 0.632 e. The van der Waals surface area contributed by atoms with Crippen LogP contribution in [0.25, 0.3) is 11.1 Å². The minimum Gasteiger partial charge on any atom is -0.525 e. The number of hydrogen-bond donors (Lipinski definition) is 0. The summed E-state index contributed by atoms with van der Waals surface area (Å²) in [6.07, 6.45) is 21.8. The van der Waals surface area contributed by atoms with Crippen LogP contribution >= 0.6 is 15.9 Å². The van der Waals surface area contributed by atoms with Gasteiger partial charge in [-0.15, -0.1) is 0 Å². The Labute approximate surface area is 222 Å². The summed E-state index contributed by atoms with van der Waals surface area (Å²) in [4.78, 5) is 0. The third-order valence-corrected chi connectivity index (χ3v) is 8.49. The van der Waals surface area contributed by atoms with Crippen LogP contribution in [-0.2, 0) is 14.7 Å². The van der Waals surface area contributed by atoms with Gasteiger partial charge >= 0.3 is 7.12 Å². The number of fused-ring (bicyclic) bond motifs is 3. The molecule has 4 heteroatoms. The highest BCUT2D eigenvalue weighted by atomic mass is 79.9.